The Morgan fingerprint density at radius 2 is 1.84 bits per heavy atom. The van der Waals surface area contributed by atoms with E-state index < -0.39 is 0 Å². The van der Waals surface area contributed by atoms with Crippen molar-refractivity contribution in [2.45, 2.75) is 58.0 Å². The van der Waals surface area contributed by atoms with Gasteiger partial charge in [-0.3, -0.25) is 0 Å². The topological polar surface area (TPSA) is 33.1 Å². The first-order valence-corrected chi connectivity index (χ1v) is 8.60. The molecule has 104 valence electrons. The van der Waals surface area contributed by atoms with Gasteiger partial charge in [-0.2, -0.15) is 0 Å². The van der Waals surface area contributed by atoms with Crippen LogP contribution in [-0.2, 0) is 6.42 Å². The lowest BCUT2D eigenvalue weighted by Gasteiger charge is -2.58. The number of aliphatic hydroxyl groups is 1. The number of nitrogens with zero attached hydrogens (tertiary/aromatic N) is 1. The van der Waals surface area contributed by atoms with Gasteiger partial charge in [-0.25, -0.2) is 4.98 Å². The van der Waals surface area contributed by atoms with Crippen LogP contribution in [0.25, 0.3) is 0 Å². The van der Waals surface area contributed by atoms with Crippen molar-refractivity contribution >= 4 is 11.3 Å². The zero-order chi connectivity index (χ0) is 13.0. The Kier molecular flexibility index (Phi) is 2.79. The van der Waals surface area contributed by atoms with Gasteiger partial charge in [0.1, 0.15) is 0 Å². The normalized spacial score (nSPS) is 41.7. The minimum atomic E-state index is -0.161. The Morgan fingerprint density at radius 1 is 1.26 bits per heavy atom. The molecule has 3 heteroatoms. The molecule has 5 rings (SSSR count). The predicted molar refractivity (Wildman–Crippen MR) is 77.2 cm³/mol. The van der Waals surface area contributed by atoms with Crippen molar-refractivity contribution in [3.63, 3.8) is 0 Å². The summed E-state index contributed by atoms with van der Waals surface area (Å²) in [4.78, 5) is 4.54. The van der Waals surface area contributed by atoms with E-state index in [0.29, 0.717) is 0 Å². The van der Waals surface area contributed by atoms with E-state index >= 15 is 0 Å². The highest BCUT2D eigenvalue weighted by Gasteiger charge is 2.53. The Balaban J connectivity index is 1.54. The number of thiazole rings is 1. The van der Waals surface area contributed by atoms with E-state index in [2.05, 4.69) is 10.4 Å². The van der Waals surface area contributed by atoms with Gasteiger partial charge in [0.05, 0.1) is 11.1 Å². The van der Waals surface area contributed by atoms with Gasteiger partial charge in [-0.1, -0.05) is 0 Å². The highest BCUT2D eigenvalue weighted by atomic mass is 32.1. The van der Waals surface area contributed by atoms with E-state index in [9.17, 15) is 5.11 Å². The number of aliphatic hydroxyl groups excluding tert-OH is 1. The highest BCUT2D eigenvalue weighted by Crippen LogP contribution is 2.61. The molecule has 0 saturated heterocycles. The first-order valence-electron chi connectivity index (χ1n) is 7.72. The van der Waals surface area contributed by atoms with Crippen LogP contribution in [0.1, 0.15) is 49.2 Å². The van der Waals surface area contributed by atoms with Gasteiger partial charge in [0.25, 0.3) is 0 Å². The van der Waals surface area contributed by atoms with Crippen LogP contribution in [0.15, 0.2) is 5.38 Å². The van der Waals surface area contributed by atoms with E-state index in [0.717, 1.165) is 34.9 Å². The molecule has 1 aromatic rings. The van der Waals surface area contributed by atoms with E-state index in [1.807, 2.05) is 6.92 Å². The molecule has 1 heterocycles. The Hall–Kier alpha value is -0.410. The molecule has 1 unspecified atom stereocenters. The number of rotatable bonds is 3. The zero-order valence-electron chi connectivity index (χ0n) is 11.6. The van der Waals surface area contributed by atoms with Crippen LogP contribution >= 0.6 is 11.3 Å². The van der Waals surface area contributed by atoms with Gasteiger partial charge < -0.3 is 5.11 Å². The van der Waals surface area contributed by atoms with Crippen LogP contribution in [0.4, 0.5) is 0 Å². The second kappa shape index (κ2) is 4.29. The maximum Gasteiger partial charge on any atom is 0.0954 e. The van der Waals surface area contributed by atoms with E-state index in [4.69, 9.17) is 0 Å². The quantitative estimate of drug-likeness (QED) is 0.916. The summed E-state index contributed by atoms with van der Waals surface area (Å²) >= 11 is 1.71. The van der Waals surface area contributed by atoms with Gasteiger partial charge in [-0.15, -0.1) is 11.3 Å². The SMILES string of the molecule is Cc1csc(CC(O)C23CC4CC(CC(C4)C2)C3)n1. The maximum absolute atomic E-state index is 10.8. The molecule has 0 radical (unpaired) electrons. The Labute approximate surface area is 119 Å². The average Bonchev–Trinajstić information content (AvgIpc) is 2.73. The van der Waals surface area contributed by atoms with Crippen LogP contribution in [0, 0.1) is 30.1 Å². The molecule has 1 N–H and O–H groups in total. The zero-order valence-corrected chi connectivity index (χ0v) is 12.5. The van der Waals surface area contributed by atoms with Crippen molar-refractivity contribution in [1.82, 2.24) is 4.98 Å². The average molecular weight is 277 g/mol. The fourth-order valence-corrected chi connectivity index (χ4v) is 6.27. The number of hydrogen-bond acceptors (Lipinski definition) is 3. The highest BCUT2D eigenvalue weighted by molar-refractivity contribution is 7.09. The molecule has 2 nitrogen and oxygen atoms in total. The van der Waals surface area contributed by atoms with Crippen molar-refractivity contribution in [2.75, 3.05) is 0 Å². The lowest BCUT2D eigenvalue weighted by Crippen LogP contribution is -2.52. The van der Waals surface area contributed by atoms with Crippen molar-refractivity contribution in [3.05, 3.63) is 16.1 Å². The van der Waals surface area contributed by atoms with Gasteiger partial charge >= 0.3 is 0 Å². The van der Waals surface area contributed by atoms with E-state index in [1.165, 1.54) is 38.5 Å². The summed E-state index contributed by atoms with van der Waals surface area (Å²) in [5.74, 6) is 2.75. The van der Waals surface area contributed by atoms with Crippen LogP contribution in [0.2, 0.25) is 0 Å². The van der Waals surface area contributed by atoms with E-state index in [-0.39, 0.29) is 11.5 Å². The predicted octanol–water partition coefficient (Wildman–Crippen LogP) is 3.57. The molecule has 0 amide bonds. The first-order chi connectivity index (χ1) is 9.13. The Morgan fingerprint density at radius 3 is 2.32 bits per heavy atom. The van der Waals surface area contributed by atoms with Crippen LogP contribution in [0.5, 0.6) is 0 Å². The van der Waals surface area contributed by atoms with Crippen LogP contribution in [-0.4, -0.2) is 16.2 Å². The van der Waals surface area contributed by atoms with Gasteiger partial charge in [0, 0.05) is 17.5 Å². The molecule has 1 aromatic heterocycles. The summed E-state index contributed by atoms with van der Waals surface area (Å²) < 4.78 is 0. The summed E-state index contributed by atoms with van der Waals surface area (Å²) in [6.07, 6.45) is 8.81. The number of aryl methyl sites for hydroxylation is 1. The molecule has 0 spiro atoms. The standard InChI is InChI=1S/C16H23NOS/c1-10-9-19-15(17-10)5-14(18)16-6-11-2-12(7-16)4-13(3-11)8-16/h9,11-14,18H,2-8H2,1H3. The molecule has 4 saturated carbocycles. The van der Waals surface area contributed by atoms with Crippen molar-refractivity contribution in [3.8, 4) is 0 Å². The lowest BCUT2D eigenvalue weighted by molar-refractivity contribution is -0.119. The molecule has 4 fully saturated rings. The largest absolute Gasteiger partial charge is 0.392 e. The van der Waals surface area contributed by atoms with Crippen LogP contribution < -0.4 is 0 Å². The van der Waals surface area contributed by atoms with Gasteiger partial charge in [-0.05, 0) is 68.6 Å². The summed E-state index contributed by atoms with van der Waals surface area (Å²) in [5, 5.41) is 14.1. The van der Waals surface area contributed by atoms with Crippen molar-refractivity contribution in [1.29, 1.82) is 0 Å². The summed E-state index contributed by atoms with van der Waals surface area (Å²) in [6.45, 7) is 2.04. The van der Waals surface area contributed by atoms with Crippen LogP contribution in [0.3, 0.4) is 0 Å². The smallest absolute Gasteiger partial charge is 0.0954 e. The van der Waals surface area contributed by atoms with Gasteiger partial charge in [0.2, 0.25) is 0 Å². The third-order valence-electron chi connectivity index (χ3n) is 5.83. The van der Waals surface area contributed by atoms with Gasteiger partial charge in [0.15, 0.2) is 0 Å². The van der Waals surface area contributed by atoms with Crippen molar-refractivity contribution < 1.29 is 5.11 Å². The third kappa shape index (κ3) is 2.06. The summed E-state index contributed by atoms with van der Waals surface area (Å²) in [7, 11) is 0. The fourth-order valence-electron chi connectivity index (χ4n) is 5.46. The minimum absolute atomic E-state index is 0.161. The fraction of sp³-hybridized carbons (Fsp3) is 0.812. The van der Waals surface area contributed by atoms with Crippen molar-refractivity contribution in [2.24, 2.45) is 23.2 Å². The molecule has 4 bridgehead atoms. The molecular weight excluding hydrogens is 254 g/mol. The summed E-state index contributed by atoms with van der Waals surface area (Å²) in [6, 6.07) is 0. The first kappa shape index (κ1) is 12.3. The molecule has 4 aliphatic rings. The van der Waals surface area contributed by atoms with E-state index in [1.54, 1.807) is 11.3 Å². The number of aromatic nitrogens is 1. The molecule has 0 aliphatic heterocycles. The Bertz CT molecular complexity index is 446. The molecule has 1 atom stereocenters. The molecule has 0 aromatic carbocycles. The lowest BCUT2D eigenvalue weighted by atomic mass is 9.48. The molecular formula is C16H23NOS. The molecule has 19 heavy (non-hydrogen) atoms. The number of hydrogen-bond donors (Lipinski definition) is 1. The second-order valence-corrected chi connectivity index (χ2v) is 8.33. The maximum atomic E-state index is 10.8. The third-order valence-corrected chi connectivity index (χ3v) is 6.82. The molecule has 4 aliphatic carbocycles. The second-order valence-electron chi connectivity index (χ2n) is 7.38. The minimum Gasteiger partial charge on any atom is -0.392 e. The summed E-state index contributed by atoms with van der Waals surface area (Å²) in [5.41, 5.74) is 1.34. The monoisotopic (exact) mass is 277 g/mol.